The number of ether oxygens (including phenoxy) is 3. The first-order valence-corrected chi connectivity index (χ1v) is 6.22. The fourth-order valence-electron chi connectivity index (χ4n) is 2.44. The fourth-order valence-corrected chi connectivity index (χ4v) is 2.44. The van der Waals surface area contributed by atoms with Gasteiger partial charge in [-0.15, -0.1) is 0 Å². The Morgan fingerprint density at radius 1 is 1.21 bits per heavy atom. The molecule has 1 aliphatic rings. The van der Waals surface area contributed by atoms with Crippen LogP contribution in [0.25, 0.3) is 0 Å². The fraction of sp³-hybridized carbons (Fsp3) is 0.615. The molecule has 0 aromatic carbocycles. The van der Waals surface area contributed by atoms with Gasteiger partial charge in [0.05, 0.1) is 20.4 Å². The molecule has 0 amide bonds. The van der Waals surface area contributed by atoms with Crippen LogP contribution in [-0.2, 0) is 4.74 Å². The van der Waals surface area contributed by atoms with Crippen molar-refractivity contribution in [2.24, 2.45) is 0 Å². The molecular weight excluding hydrogens is 248 g/mol. The van der Waals surface area contributed by atoms with Crippen molar-refractivity contribution in [1.82, 2.24) is 9.97 Å². The Hall–Kier alpha value is -1.69. The molecule has 1 saturated carbocycles. The van der Waals surface area contributed by atoms with E-state index in [9.17, 15) is 4.79 Å². The minimum absolute atomic E-state index is 0.167. The maximum atomic E-state index is 12.6. The number of hydrogen-bond donors (Lipinski definition) is 0. The normalized spacial score (nSPS) is 17.2. The highest BCUT2D eigenvalue weighted by molar-refractivity contribution is 6.02. The molecule has 104 valence electrons. The molecule has 0 unspecified atom stereocenters. The number of hydrogen-bond acceptors (Lipinski definition) is 6. The SMILES string of the molecule is COc1cnc(C(=O)C2(OC)CCCC2)c(OC)n1. The third-order valence-corrected chi connectivity index (χ3v) is 3.55. The minimum Gasteiger partial charge on any atom is -0.480 e. The van der Waals surface area contributed by atoms with E-state index in [1.807, 2.05) is 0 Å². The van der Waals surface area contributed by atoms with E-state index in [1.54, 1.807) is 7.11 Å². The molecule has 0 spiro atoms. The van der Waals surface area contributed by atoms with Crippen molar-refractivity contribution < 1.29 is 19.0 Å². The molecule has 1 heterocycles. The van der Waals surface area contributed by atoms with Crippen LogP contribution in [0.5, 0.6) is 11.8 Å². The molecule has 6 nitrogen and oxygen atoms in total. The first kappa shape index (κ1) is 13.7. The molecule has 0 atom stereocenters. The van der Waals surface area contributed by atoms with Crippen molar-refractivity contribution in [3.05, 3.63) is 11.9 Å². The lowest BCUT2D eigenvalue weighted by Crippen LogP contribution is -2.38. The number of methoxy groups -OCH3 is 3. The highest BCUT2D eigenvalue weighted by atomic mass is 16.5. The number of ketones is 1. The van der Waals surface area contributed by atoms with Gasteiger partial charge in [-0.3, -0.25) is 4.79 Å². The first-order chi connectivity index (χ1) is 9.16. The van der Waals surface area contributed by atoms with Gasteiger partial charge >= 0.3 is 0 Å². The van der Waals surface area contributed by atoms with Crippen LogP contribution in [0, 0.1) is 0 Å². The summed E-state index contributed by atoms with van der Waals surface area (Å²) in [4.78, 5) is 20.8. The predicted molar refractivity (Wildman–Crippen MR) is 67.7 cm³/mol. The van der Waals surface area contributed by atoms with Gasteiger partial charge in [0.15, 0.2) is 5.69 Å². The summed E-state index contributed by atoms with van der Waals surface area (Å²) >= 11 is 0. The quantitative estimate of drug-likeness (QED) is 0.754. The van der Waals surface area contributed by atoms with E-state index in [0.717, 1.165) is 12.8 Å². The molecule has 19 heavy (non-hydrogen) atoms. The van der Waals surface area contributed by atoms with Crippen molar-refractivity contribution in [3.63, 3.8) is 0 Å². The molecule has 0 bridgehead atoms. The van der Waals surface area contributed by atoms with Gasteiger partial charge in [-0.1, -0.05) is 0 Å². The van der Waals surface area contributed by atoms with Crippen LogP contribution in [-0.4, -0.2) is 42.7 Å². The van der Waals surface area contributed by atoms with E-state index in [2.05, 4.69) is 9.97 Å². The molecule has 0 saturated heterocycles. The number of Topliss-reactive ketones (excluding diaryl/α,β-unsaturated/α-hetero) is 1. The van der Waals surface area contributed by atoms with Gasteiger partial charge in [-0.25, -0.2) is 4.98 Å². The largest absolute Gasteiger partial charge is 0.480 e. The lowest BCUT2D eigenvalue weighted by atomic mass is 9.94. The van der Waals surface area contributed by atoms with Crippen LogP contribution < -0.4 is 9.47 Å². The number of carbonyl (C=O) groups is 1. The van der Waals surface area contributed by atoms with E-state index in [-0.39, 0.29) is 17.4 Å². The third kappa shape index (κ3) is 2.40. The molecule has 6 heteroatoms. The zero-order valence-corrected chi connectivity index (χ0v) is 11.4. The molecule has 1 aliphatic carbocycles. The molecule has 0 aliphatic heterocycles. The Morgan fingerprint density at radius 2 is 1.89 bits per heavy atom. The van der Waals surface area contributed by atoms with Gasteiger partial charge in [0, 0.05) is 7.11 Å². The predicted octanol–water partition coefficient (Wildman–Crippen LogP) is 1.64. The van der Waals surface area contributed by atoms with Gasteiger partial charge in [-0.05, 0) is 25.7 Å². The van der Waals surface area contributed by atoms with Gasteiger partial charge in [0.25, 0.3) is 0 Å². The monoisotopic (exact) mass is 266 g/mol. The van der Waals surface area contributed by atoms with Crippen LogP contribution in [0.4, 0.5) is 0 Å². The Balaban J connectivity index is 2.37. The Kier molecular flexibility index (Phi) is 3.99. The third-order valence-electron chi connectivity index (χ3n) is 3.55. The number of carbonyl (C=O) groups excluding carboxylic acids is 1. The highest BCUT2D eigenvalue weighted by Gasteiger charge is 2.43. The molecule has 1 aromatic rings. The lowest BCUT2D eigenvalue weighted by molar-refractivity contribution is 0.00528. The Labute approximate surface area is 112 Å². The second-order valence-electron chi connectivity index (χ2n) is 4.50. The summed E-state index contributed by atoms with van der Waals surface area (Å²) in [7, 11) is 4.50. The smallest absolute Gasteiger partial charge is 0.246 e. The van der Waals surface area contributed by atoms with Gasteiger partial charge < -0.3 is 14.2 Å². The zero-order chi connectivity index (χ0) is 13.9. The topological polar surface area (TPSA) is 70.5 Å². The van der Waals surface area contributed by atoms with E-state index in [4.69, 9.17) is 14.2 Å². The highest BCUT2D eigenvalue weighted by Crippen LogP contribution is 2.36. The van der Waals surface area contributed by atoms with Crippen molar-refractivity contribution in [1.29, 1.82) is 0 Å². The first-order valence-electron chi connectivity index (χ1n) is 6.22. The van der Waals surface area contributed by atoms with Crippen LogP contribution in [0.15, 0.2) is 6.20 Å². The summed E-state index contributed by atoms with van der Waals surface area (Å²) in [5, 5.41) is 0. The minimum atomic E-state index is -0.781. The molecular formula is C13H18N2O4. The summed E-state index contributed by atoms with van der Waals surface area (Å²) in [5.41, 5.74) is -0.580. The average molecular weight is 266 g/mol. The van der Waals surface area contributed by atoms with Crippen molar-refractivity contribution in [2.75, 3.05) is 21.3 Å². The number of rotatable bonds is 5. The summed E-state index contributed by atoms with van der Waals surface area (Å²) in [5.74, 6) is 0.318. The second-order valence-corrected chi connectivity index (χ2v) is 4.50. The van der Waals surface area contributed by atoms with Gasteiger partial charge in [0.1, 0.15) is 5.60 Å². The van der Waals surface area contributed by atoms with Gasteiger partial charge in [-0.2, -0.15) is 4.98 Å². The van der Waals surface area contributed by atoms with Crippen LogP contribution >= 0.6 is 0 Å². The number of nitrogens with zero attached hydrogens (tertiary/aromatic N) is 2. The maximum Gasteiger partial charge on any atom is 0.246 e. The summed E-state index contributed by atoms with van der Waals surface area (Å²) in [6.07, 6.45) is 4.78. The molecule has 2 rings (SSSR count). The average Bonchev–Trinajstić information content (AvgIpc) is 2.95. The van der Waals surface area contributed by atoms with Crippen LogP contribution in [0.1, 0.15) is 36.2 Å². The standard InChI is InChI=1S/C13H18N2O4/c1-17-9-8-14-10(12(15-9)18-2)11(16)13(19-3)6-4-5-7-13/h8H,4-7H2,1-3H3. The van der Waals surface area contributed by atoms with Crippen LogP contribution in [0.3, 0.4) is 0 Å². The van der Waals surface area contributed by atoms with E-state index < -0.39 is 5.60 Å². The second kappa shape index (κ2) is 5.52. The van der Waals surface area contributed by atoms with Crippen molar-refractivity contribution in [3.8, 4) is 11.8 Å². The van der Waals surface area contributed by atoms with Crippen molar-refractivity contribution >= 4 is 5.78 Å². The Morgan fingerprint density at radius 3 is 2.42 bits per heavy atom. The molecule has 0 radical (unpaired) electrons. The van der Waals surface area contributed by atoms with Crippen LogP contribution in [0.2, 0.25) is 0 Å². The summed E-state index contributed by atoms with van der Waals surface area (Å²) in [6.45, 7) is 0. The summed E-state index contributed by atoms with van der Waals surface area (Å²) in [6, 6.07) is 0. The van der Waals surface area contributed by atoms with Gasteiger partial charge in [0.2, 0.25) is 17.5 Å². The van der Waals surface area contributed by atoms with E-state index in [0.29, 0.717) is 18.7 Å². The maximum absolute atomic E-state index is 12.6. The Bertz CT molecular complexity index is 470. The number of aromatic nitrogens is 2. The van der Waals surface area contributed by atoms with E-state index >= 15 is 0 Å². The molecule has 1 aromatic heterocycles. The lowest BCUT2D eigenvalue weighted by Gasteiger charge is -2.25. The molecule has 1 fully saturated rings. The molecule has 0 N–H and O–H groups in total. The van der Waals surface area contributed by atoms with E-state index in [1.165, 1.54) is 20.4 Å². The van der Waals surface area contributed by atoms with Crippen molar-refractivity contribution in [2.45, 2.75) is 31.3 Å². The summed E-state index contributed by atoms with van der Waals surface area (Å²) < 4.78 is 15.6. The zero-order valence-electron chi connectivity index (χ0n) is 11.4.